The van der Waals surface area contributed by atoms with Crippen LogP contribution in [-0.4, -0.2) is 79.3 Å². The minimum atomic E-state index is -4.04. The zero-order chi connectivity index (χ0) is 24.6. The zero-order valence-corrected chi connectivity index (χ0v) is 21.0. The largest absolute Gasteiger partial charge is 0.368 e. The lowest BCUT2D eigenvalue weighted by atomic mass is 10.1. The molecule has 0 aliphatic carbocycles. The van der Waals surface area contributed by atoms with Crippen molar-refractivity contribution in [3.8, 4) is 0 Å². The lowest BCUT2D eigenvalue weighted by molar-refractivity contribution is -0.135. The second-order valence-corrected chi connectivity index (χ2v) is 11.1. The van der Waals surface area contributed by atoms with E-state index >= 15 is 0 Å². The van der Waals surface area contributed by atoms with Crippen LogP contribution in [0.1, 0.15) is 25.0 Å². The summed E-state index contributed by atoms with van der Waals surface area (Å²) in [4.78, 5) is 32.2. The summed E-state index contributed by atoms with van der Waals surface area (Å²) < 4.78 is 27.2. The molecule has 8 nitrogen and oxygen atoms in total. The van der Waals surface area contributed by atoms with Crippen LogP contribution in [0.2, 0.25) is 0 Å². The van der Waals surface area contributed by atoms with Crippen LogP contribution in [0, 0.1) is 13.8 Å². The fourth-order valence-corrected chi connectivity index (χ4v) is 6.12. The van der Waals surface area contributed by atoms with E-state index in [-0.39, 0.29) is 23.4 Å². The van der Waals surface area contributed by atoms with Crippen LogP contribution in [0.15, 0.2) is 53.4 Å². The molecule has 2 fully saturated rings. The number of rotatable bonds is 5. The average Bonchev–Trinajstić information content (AvgIpc) is 3.19. The second kappa shape index (κ2) is 9.29. The van der Waals surface area contributed by atoms with Crippen LogP contribution in [0.3, 0.4) is 0 Å². The van der Waals surface area contributed by atoms with Crippen molar-refractivity contribution in [3.63, 3.8) is 0 Å². The molecule has 0 radical (unpaired) electrons. The highest BCUT2D eigenvalue weighted by Crippen LogP contribution is 2.28. The first kappa shape index (κ1) is 24.1. The molecule has 2 saturated heterocycles. The minimum Gasteiger partial charge on any atom is -0.368 e. The van der Waals surface area contributed by atoms with Crippen LogP contribution in [-0.2, 0) is 14.8 Å². The fraction of sp³-hybridized carbons (Fsp3) is 0.440. The number of anilines is 1. The first-order valence-electron chi connectivity index (χ1n) is 11.6. The molecule has 2 aromatic carbocycles. The van der Waals surface area contributed by atoms with Crippen molar-refractivity contribution in [1.82, 2.24) is 14.1 Å². The Hall–Kier alpha value is -3.07. The summed E-state index contributed by atoms with van der Waals surface area (Å²) >= 11 is 0. The highest BCUT2D eigenvalue weighted by Gasteiger charge is 2.49. The van der Waals surface area contributed by atoms with Crippen LogP contribution in [0.25, 0.3) is 0 Å². The van der Waals surface area contributed by atoms with Gasteiger partial charge in [-0.05, 0) is 57.0 Å². The molecular formula is C25H32N4O4S. The molecule has 0 spiro atoms. The van der Waals surface area contributed by atoms with E-state index in [1.807, 2.05) is 0 Å². The van der Waals surface area contributed by atoms with Gasteiger partial charge >= 0.3 is 6.03 Å². The standard InChI is InChI=1S/C25H32N4O4S/c1-18(2)29-23(17-28(25(29)31)34(32,33)21-8-6-5-7-9-21)24(30)27-14-12-26(13-15-27)22-16-19(3)10-11-20(22)4/h5-11,16,18,23H,12-15,17H2,1-4H3/t23-/m0/s1. The SMILES string of the molecule is Cc1ccc(C)c(N2CCN(C(=O)[C@@H]3CN(S(=O)(=O)c4ccccc4)C(=O)N3C(C)C)CC2)c1. The van der Waals surface area contributed by atoms with Crippen LogP contribution >= 0.6 is 0 Å². The molecule has 2 aliphatic rings. The molecule has 4 rings (SSSR count). The van der Waals surface area contributed by atoms with E-state index in [0.29, 0.717) is 26.2 Å². The van der Waals surface area contributed by atoms with Gasteiger partial charge in [0.1, 0.15) is 6.04 Å². The Morgan fingerprint density at radius 3 is 2.24 bits per heavy atom. The average molecular weight is 485 g/mol. The Balaban J connectivity index is 1.51. The van der Waals surface area contributed by atoms with Crippen molar-refractivity contribution in [1.29, 1.82) is 0 Å². The Kier molecular flexibility index (Phi) is 6.58. The monoisotopic (exact) mass is 484 g/mol. The lowest BCUT2D eigenvalue weighted by Gasteiger charge is -2.39. The summed E-state index contributed by atoms with van der Waals surface area (Å²) in [6.45, 7) is 9.99. The number of aryl methyl sites for hydroxylation is 2. The van der Waals surface area contributed by atoms with Gasteiger partial charge in [-0.3, -0.25) is 4.79 Å². The Bertz CT molecular complexity index is 1170. The number of carbonyl (C=O) groups excluding carboxylic acids is 2. The van der Waals surface area contributed by atoms with Crippen molar-refractivity contribution in [3.05, 3.63) is 59.7 Å². The molecule has 2 heterocycles. The van der Waals surface area contributed by atoms with E-state index < -0.39 is 22.1 Å². The Morgan fingerprint density at radius 2 is 1.62 bits per heavy atom. The normalized spacial score (nSPS) is 19.3. The first-order valence-corrected chi connectivity index (χ1v) is 13.1. The van der Waals surface area contributed by atoms with Gasteiger partial charge < -0.3 is 14.7 Å². The van der Waals surface area contributed by atoms with Gasteiger partial charge in [-0.1, -0.05) is 30.3 Å². The number of benzene rings is 2. The van der Waals surface area contributed by atoms with Gasteiger partial charge in [-0.15, -0.1) is 0 Å². The smallest absolute Gasteiger partial charge is 0.335 e. The molecule has 2 aromatic rings. The van der Waals surface area contributed by atoms with Crippen molar-refractivity contribution < 1.29 is 18.0 Å². The molecule has 1 atom stereocenters. The number of sulfonamides is 1. The molecular weight excluding hydrogens is 452 g/mol. The second-order valence-electron chi connectivity index (χ2n) is 9.25. The van der Waals surface area contributed by atoms with Crippen molar-refractivity contribution in [2.24, 2.45) is 0 Å². The van der Waals surface area contributed by atoms with E-state index in [0.717, 1.165) is 4.31 Å². The van der Waals surface area contributed by atoms with Gasteiger partial charge in [0.25, 0.3) is 10.0 Å². The third kappa shape index (κ3) is 4.36. The number of nitrogens with zero attached hydrogens (tertiary/aromatic N) is 4. The van der Waals surface area contributed by atoms with Crippen molar-refractivity contribution >= 4 is 27.6 Å². The van der Waals surface area contributed by atoms with E-state index in [1.165, 1.54) is 33.8 Å². The topological polar surface area (TPSA) is 81.2 Å². The number of hydrogen-bond donors (Lipinski definition) is 0. The highest BCUT2D eigenvalue weighted by molar-refractivity contribution is 7.89. The fourth-order valence-electron chi connectivity index (χ4n) is 4.72. The molecule has 9 heteroatoms. The summed E-state index contributed by atoms with van der Waals surface area (Å²) in [5.74, 6) is -0.201. The van der Waals surface area contributed by atoms with E-state index in [2.05, 4.69) is 36.9 Å². The van der Waals surface area contributed by atoms with E-state index in [4.69, 9.17) is 0 Å². The van der Waals surface area contributed by atoms with Crippen LogP contribution in [0.4, 0.5) is 10.5 Å². The van der Waals surface area contributed by atoms with Crippen molar-refractivity contribution in [2.45, 2.75) is 44.7 Å². The summed E-state index contributed by atoms with van der Waals surface area (Å²) in [7, 11) is -4.04. The molecule has 2 aliphatic heterocycles. The van der Waals surface area contributed by atoms with Gasteiger partial charge in [0.15, 0.2) is 0 Å². The molecule has 3 amide bonds. The number of urea groups is 1. The molecule has 34 heavy (non-hydrogen) atoms. The van der Waals surface area contributed by atoms with Crippen LogP contribution < -0.4 is 4.90 Å². The molecule has 0 saturated carbocycles. The Labute approximate surface area is 201 Å². The van der Waals surface area contributed by atoms with Gasteiger partial charge in [-0.2, -0.15) is 0 Å². The molecule has 182 valence electrons. The van der Waals surface area contributed by atoms with Gasteiger partial charge in [0.2, 0.25) is 5.91 Å². The zero-order valence-electron chi connectivity index (χ0n) is 20.1. The number of amides is 3. The lowest BCUT2D eigenvalue weighted by Crippen LogP contribution is -2.55. The van der Waals surface area contributed by atoms with Crippen LogP contribution in [0.5, 0.6) is 0 Å². The maximum absolute atomic E-state index is 13.5. The maximum atomic E-state index is 13.5. The maximum Gasteiger partial charge on any atom is 0.335 e. The summed E-state index contributed by atoms with van der Waals surface area (Å²) in [6, 6.07) is 12.4. The Morgan fingerprint density at radius 1 is 0.971 bits per heavy atom. The minimum absolute atomic E-state index is 0.0438. The van der Waals surface area contributed by atoms with E-state index in [1.54, 1.807) is 36.9 Å². The highest BCUT2D eigenvalue weighted by atomic mass is 32.2. The molecule has 0 unspecified atom stereocenters. The van der Waals surface area contributed by atoms with Gasteiger partial charge in [-0.25, -0.2) is 17.5 Å². The van der Waals surface area contributed by atoms with E-state index in [9.17, 15) is 18.0 Å². The third-order valence-electron chi connectivity index (χ3n) is 6.58. The summed E-state index contributed by atoms with van der Waals surface area (Å²) in [6.07, 6.45) is 0. The molecule has 0 aromatic heterocycles. The quantitative estimate of drug-likeness (QED) is 0.652. The van der Waals surface area contributed by atoms with Gasteiger partial charge in [0.05, 0.1) is 11.4 Å². The summed E-state index contributed by atoms with van der Waals surface area (Å²) in [5, 5.41) is 0. The predicted octanol–water partition coefficient (Wildman–Crippen LogP) is 2.86. The number of carbonyl (C=O) groups is 2. The number of hydrogen-bond acceptors (Lipinski definition) is 5. The first-order chi connectivity index (χ1) is 16.1. The number of piperazine rings is 1. The third-order valence-corrected chi connectivity index (χ3v) is 8.33. The predicted molar refractivity (Wildman–Crippen MR) is 131 cm³/mol. The van der Waals surface area contributed by atoms with Gasteiger partial charge in [0, 0.05) is 37.9 Å². The molecule has 0 bridgehead atoms. The van der Waals surface area contributed by atoms with Crippen molar-refractivity contribution in [2.75, 3.05) is 37.6 Å². The summed E-state index contributed by atoms with van der Waals surface area (Å²) in [5.41, 5.74) is 3.56. The molecule has 0 N–H and O–H groups in total.